The molecule has 1 saturated heterocycles. The van der Waals surface area contributed by atoms with Gasteiger partial charge in [0.1, 0.15) is 5.75 Å². The zero-order chi connectivity index (χ0) is 11.5. The lowest BCUT2D eigenvalue weighted by molar-refractivity contribution is 0.411. The first kappa shape index (κ1) is 11.9. The molecule has 1 aliphatic rings. The third-order valence-electron chi connectivity index (χ3n) is 3.28. The Bertz CT molecular complexity index is 372. The monoisotopic (exact) mass is 283 g/mol. The molecule has 1 unspecified atom stereocenters. The van der Waals surface area contributed by atoms with Crippen molar-refractivity contribution in [3.63, 3.8) is 0 Å². The van der Waals surface area contributed by atoms with E-state index in [2.05, 4.69) is 40.3 Å². The van der Waals surface area contributed by atoms with Crippen molar-refractivity contribution in [3.8, 4) is 5.75 Å². The Hall–Kier alpha value is -0.540. The minimum Gasteiger partial charge on any atom is -0.496 e. The van der Waals surface area contributed by atoms with Crippen LogP contribution >= 0.6 is 15.9 Å². The third-order valence-corrected chi connectivity index (χ3v) is 3.90. The molecule has 1 fully saturated rings. The second kappa shape index (κ2) is 5.19. The van der Waals surface area contributed by atoms with E-state index in [1.165, 1.54) is 30.5 Å². The summed E-state index contributed by atoms with van der Waals surface area (Å²) in [5.41, 5.74) is 2.76. The van der Waals surface area contributed by atoms with Gasteiger partial charge in [-0.15, -0.1) is 0 Å². The molecule has 0 amide bonds. The van der Waals surface area contributed by atoms with Crippen LogP contribution in [0.15, 0.2) is 16.6 Å². The van der Waals surface area contributed by atoms with Crippen molar-refractivity contribution in [2.24, 2.45) is 5.92 Å². The van der Waals surface area contributed by atoms with Crippen molar-refractivity contribution in [1.29, 1.82) is 0 Å². The highest BCUT2D eigenvalue weighted by Crippen LogP contribution is 2.30. The van der Waals surface area contributed by atoms with Crippen LogP contribution in [0, 0.1) is 12.8 Å². The van der Waals surface area contributed by atoms with Crippen LogP contribution in [0.25, 0.3) is 0 Å². The average Bonchev–Trinajstić information content (AvgIpc) is 2.75. The molecule has 1 atom stereocenters. The lowest BCUT2D eigenvalue weighted by atomic mass is 9.95. The Labute approximate surface area is 106 Å². The molecule has 0 saturated carbocycles. The van der Waals surface area contributed by atoms with Crippen LogP contribution < -0.4 is 10.1 Å². The topological polar surface area (TPSA) is 21.3 Å². The fourth-order valence-electron chi connectivity index (χ4n) is 2.27. The number of benzene rings is 1. The Morgan fingerprint density at radius 3 is 2.94 bits per heavy atom. The van der Waals surface area contributed by atoms with Crippen LogP contribution in [0.1, 0.15) is 17.5 Å². The third kappa shape index (κ3) is 2.58. The quantitative estimate of drug-likeness (QED) is 0.921. The fraction of sp³-hybridized carbons (Fsp3) is 0.538. The molecule has 16 heavy (non-hydrogen) atoms. The highest BCUT2D eigenvalue weighted by atomic mass is 79.9. The number of rotatable bonds is 3. The molecule has 1 aliphatic heterocycles. The van der Waals surface area contributed by atoms with Gasteiger partial charge in [-0.2, -0.15) is 0 Å². The molecule has 2 nitrogen and oxygen atoms in total. The van der Waals surface area contributed by atoms with E-state index in [9.17, 15) is 0 Å². The fourth-order valence-corrected chi connectivity index (χ4v) is 2.82. The van der Waals surface area contributed by atoms with E-state index in [-0.39, 0.29) is 0 Å². The summed E-state index contributed by atoms with van der Waals surface area (Å²) >= 11 is 3.55. The van der Waals surface area contributed by atoms with E-state index in [0.717, 1.165) is 22.7 Å². The number of hydrogen-bond donors (Lipinski definition) is 1. The highest BCUT2D eigenvalue weighted by Gasteiger charge is 2.16. The Balaban J connectivity index is 2.17. The molecule has 0 aliphatic carbocycles. The minimum atomic E-state index is 0.791. The van der Waals surface area contributed by atoms with Gasteiger partial charge in [0.05, 0.1) is 11.6 Å². The maximum atomic E-state index is 5.29. The van der Waals surface area contributed by atoms with E-state index < -0.39 is 0 Å². The van der Waals surface area contributed by atoms with Crippen LogP contribution in [0.5, 0.6) is 5.75 Å². The molecule has 1 N–H and O–H groups in total. The van der Waals surface area contributed by atoms with Crippen molar-refractivity contribution in [3.05, 3.63) is 27.7 Å². The molecular weight excluding hydrogens is 266 g/mol. The number of aryl methyl sites for hydroxylation is 1. The van der Waals surface area contributed by atoms with Gasteiger partial charge in [-0.1, -0.05) is 0 Å². The SMILES string of the molecule is COc1cc(C)c(CC2CCNC2)cc1Br. The molecule has 0 bridgehead atoms. The van der Waals surface area contributed by atoms with Gasteiger partial charge in [0, 0.05) is 0 Å². The Kier molecular flexibility index (Phi) is 3.87. The molecule has 0 radical (unpaired) electrons. The first-order valence-corrected chi connectivity index (χ1v) is 6.53. The summed E-state index contributed by atoms with van der Waals surface area (Å²) in [5, 5.41) is 3.41. The van der Waals surface area contributed by atoms with Gasteiger partial charge in [0.15, 0.2) is 0 Å². The van der Waals surface area contributed by atoms with Crippen molar-refractivity contribution >= 4 is 15.9 Å². The first-order valence-electron chi connectivity index (χ1n) is 5.74. The van der Waals surface area contributed by atoms with E-state index in [1.54, 1.807) is 7.11 Å². The number of methoxy groups -OCH3 is 1. The van der Waals surface area contributed by atoms with Gasteiger partial charge >= 0.3 is 0 Å². The molecule has 1 aromatic rings. The molecule has 1 heterocycles. The van der Waals surface area contributed by atoms with Gasteiger partial charge in [0.25, 0.3) is 0 Å². The second-order valence-corrected chi connectivity index (χ2v) is 5.33. The van der Waals surface area contributed by atoms with Gasteiger partial charge in [-0.25, -0.2) is 0 Å². The molecule has 1 aromatic carbocycles. The van der Waals surface area contributed by atoms with Crippen molar-refractivity contribution in [2.75, 3.05) is 20.2 Å². The van der Waals surface area contributed by atoms with Crippen molar-refractivity contribution < 1.29 is 4.74 Å². The smallest absolute Gasteiger partial charge is 0.133 e. The Morgan fingerprint density at radius 1 is 1.50 bits per heavy atom. The van der Waals surface area contributed by atoms with Crippen LogP contribution in [0.3, 0.4) is 0 Å². The van der Waals surface area contributed by atoms with E-state index in [0.29, 0.717) is 0 Å². The van der Waals surface area contributed by atoms with Crippen molar-refractivity contribution in [2.45, 2.75) is 19.8 Å². The maximum Gasteiger partial charge on any atom is 0.133 e. The molecule has 0 spiro atoms. The molecule has 2 rings (SSSR count). The standard InChI is InChI=1S/C13H18BrNO/c1-9-5-13(16-2)12(14)7-11(9)6-10-3-4-15-8-10/h5,7,10,15H,3-4,6,8H2,1-2H3. The van der Waals surface area contributed by atoms with Gasteiger partial charge in [-0.3, -0.25) is 0 Å². The first-order chi connectivity index (χ1) is 7.70. The molecular formula is C13H18BrNO. The van der Waals surface area contributed by atoms with E-state index in [4.69, 9.17) is 4.74 Å². The number of ether oxygens (including phenoxy) is 1. The zero-order valence-corrected chi connectivity index (χ0v) is 11.4. The number of halogens is 1. The number of nitrogens with one attached hydrogen (secondary N) is 1. The van der Waals surface area contributed by atoms with Gasteiger partial charge in [-0.05, 0) is 78.0 Å². The molecule has 3 heteroatoms. The zero-order valence-electron chi connectivity index (χ0n) is 9.85. The summed E-state index contributed by atoms with van der Waals surface area (Å²) in [5.74, 6) is 1.71. The normalized spacial score (nSPS) is 20.1. The molecule has 88 valence electrons. The molecule has 0 aromatic heterocycles. The summed E-state index contributed by atoms with van der Waals surface area (Å²) < 4.78 is 6.35. The van der Waals surface area contributed by atoms with Crippen LogP contribution in [-0.4, -0.2) is 20.2 Å². The highest BCUT2D eigenvalue weighted by molar-refractivity contribution is 9.10. The summed E-state index contributed by atoms with van der Waals surface area (Å²) in [7, 11) is 1.71. The van der Waals surface area contributed by atoms with Crippen molar-refractivity contribution in [1.82, 2.24) is 5.32 Å². The van der Waals surface area contributed by atoms with E-state index in [1.807, 2.05) is 0 Å². The summed E-state index contributed by atoms with van der Waals surface area (Å²) in [6.07, 6.45) is 2.46. The lowest BCUT2D eigenvalue weighted by Crippen LogP contribution is -2.11. The second-order valence-electron chi connectivity index (χ2n) is 4.48. The van der Waals surface area contributed by atoms with Gasteiger partial charge in [0.2, 0.25) is 0 Å². The largest absolute Gasteiger partial charge is 0.496 e. The summed E-state index contributed by atoms with van der Waals surface area (Å²) in [6, 6.07) is 4.31. The number of hydrogen-bond acceptors (Lipinski definition) is 2. The van der Waals surface area contributed by atoms with Crippen LogP contribution in [-0.2, 0) is 6.42 Å². The van der Waals surface area contributed by atoms with Gasteiger partial charge < -0.3 is 10.1 Å². The van der Waals surface area contributed by atoms with Crippen LogP contribution in [0.4, 0.5) is 0 Å². The van der Waals surface area contributed by atoms with E-state index >= 15 is 0 Å². The predicted molar refractivity (Wildman–Crippen MR) is 70.1 cm³/mol. The average molecular weight is 284 g/mol. The summed E-state index contributed by atoms with van der Waals surface area (Å²) in [4.78, 5) is 0. The summed E-state index contributed by atoms with van der Waals surface area (Å²) in [6.45, 7) is 4.48. The predicted octanol–water partition coefficient (Wildman–Crippen LogP) is 2.92. The van der Waals surface area contributed by atoms with Crippen LogP contribution in [0.2, 0.25) is 0 Å². The lowest BCUT2D eigenvalue weighted by Gasteiger charge is -2.13. The maximum absolute atomic E-state index is 5.29. The Morgan fingerprint density at radius 2 is 2.31 bits per heavy atom. The minimum absolute atomic E-state index is 0.791.